The molecule has 0 fully saturated rings. The molecule has 0 saturated carbocycles. The highest BCUT2D eigenvalue weighted by Gasteiger charge is 2.28. The van der Waals surface area contributed by atoms with Crippen molar-refractivity contribution < 1.29 is 14.7 Å². The Morgan fingerprint density at radius 3 is 2.44 bits per heavy atom. The summed E-state index contributed by atoms with van der Waals surface area (Å²) in [5, 5.41) is 9.80. The Morgan fingerprint density at radius 2 is 2.06 bits per heavy atom. The van der Waals surface area contributed by atoms with Crippen molar-refractivity contribution in [1.29, 1.82) is 0 Å². The molecule has 0 aromatic heterocycles. The van der Waals surface area contributed by atoms with Crippen molar-refractivity contribution in [2.75, 3.05) is 6.54 Å². The molecule has 1 atom stereocenters. The molecule has 0 bridgehead atoms. The van der Waals surface area contributed by atoms with Crippen LogP contribution in [0.25, 0.3) is 0 Å². The highest BCUT2D eigenvalue weighted by Crippen LogP contribution is 2.26. The van der Waals surface area contributed by atoms with Crippen molar-refractivity contribution >= 4 is 23.5 Å². The number of carboxylic acid groups (broad SMARTS) is 1. The average molecular weight is 270 g/mol. The van der Waals surface area contributed by atoms with E-state index in [-0.39, 0.29) is 5.91 Å². The molecule has 1 aromatic carbocycles. The zero-order valence-electron chi connectivity index (χ0n) is 10.6. The summed E-state index contributed by atoms with van der Waals surface area (Å²) in [6, 6.07) is 4.04. The summed E-state index contributed by atoms with van der Waals surface area (Å²) < 4.78 is 0. The Bertz CT molecular complexity index is 473. The van der Waals surface area contributed by atoms with Gasteiger partial charge < -0.3 is 10.0 Å². The van der Waals surface area contributed by atoms with Gasteiger partial charge in [0.15, 0.2) is 6.04 Å². The van der Waals surface area contributed by atoms with E-state index < -0.39 is 12.0 Å². The van der Waals surface area contributed by atoms with Crippen molar-refractivity contribution in [3.63, 3.8) is 0 Å². The Balaban J connectivity index is 3.23. The Kier molecular flexibility index (Phi) is 4.73. The van der Waals surface area contributed by atoms with Gasteiger partial charge in [-0.1, -0.05) is 23.7 Å². The summed E-state index contributed by atoms with van der Waals surface area (Å²) in [7, 11) is 0. The molecule has 1 aromatic rings. The summed E-state index contributed by atoms with van der Waals surface area (Å²) >= 11 is 5.99. The number of hydrogen-bond donors (Lipinski definition) is 1. The SMILES string of the molecule is CCN(C(C)=O)C(C(=O)O)c1ccc(C)c(Cl)c1. The number of carbonyl (C=O) groups is 2. The van der Waals surface area contributed by atoms with Crippen LogP contribution in [0.2, 0.25) is 5.02 Å². The van der Waals surface area contributed by atoms with Crippen molar-refractivity contribution in [3.8, 4) is 0 Å². The number of hydrogen-bond acceptors (Lipinski definition) is 2. The first-order chi connectivity index (χ1) is 8.38. The minimum Gasteiger partial charge on any atom is -0.479 e. The maximum absolute atomic E-state index is 11.5. The number of carboxylic acids is 1. The highest BCUT2D eigenvalue weighted by molar-refractivity contribution is 6.31. The molecule has 18 heavy (non-hydrogen) atoms. The largest absolute Gasteiger partial charge is 0.479 e. The van der Waals surface area contributed by atoms with Crippen LogP contribution < -0.4 is 0 Å². The van der Waals surface area contributed by atoms with E-state index in [1.165, 1.54) is 11.8 Å². The first kappa shape index (κ1) is 14.5. The minimum absolute atomic E-state index is 0.276. The normalized spacial score (nSPS) is 12.0. The standard InChI is InChI=1S/C13H16ClNO3/c1-4-15(9(3)16)12(13(17)18)10-6-5-8(2)11(14)7-10/h5-7,12H,4H2,1-3H3,(H,17,18). The van der Waals surface area contributed by atoms with E-state index in [0.717, 1.165) is 5.56 Å². The second-order valence-electron chi connectivity index (χ2n) is 4.05. The van der Waals surface area contributed by atoms with Crippen LogP contribution in [0, 0.1) is 6.92 Å². The summed E-state index contributed by atoms with van der Waals surface area (Å²) in [6.07, 6.45) is 0. The third-order valence-electron chi connectivity index (χ3n) is 2.80. The smallest absolute Gasteiger partial charge is 0.331 e. The van der Waals surface area contributed by atoms with Gasteiger partial charge in [-0.25, -0.2) is 4.79 Å². The number of halogens is 1. The van der Waals surface area contributed by atoms with Crippen LogP contribution in [-0.2, 0) is 9.59 Å². The predicted molar refractivity (Wildman–Crippen MR) is 69.6 cm³/mol. The first-order valence-electron chi connectivity index (χ1n) is 5.64. The number of aryl methyl sites for hydroxylation is 1. The number of benzene rings is 1. The van der Waals surface area contributed by atoms with Crippen LogP contribution in [-0.4, -0.2) is 28.4 Å². The van der Waals surface area contributed by atoms with Crippen LogP contribution >= 0.6 is 11.6 Å². The number of aliphatic carboxylic acids is 1. The topological polar surface area (TPSA) is 57.6 Å². The van der Waals surface area contributed by atoms with Crippen molar-refractivity contribution in [3.05, 3.63) is 34.3 Å². The highest BCUT2D eigenvalue weighted by atomic mass is 35.5. The molecule has 1 N–H and O–H groups in total. The Hall–Kier alpha value is -1.55. The van der Waals surface area contributed by atoms with Crippen molar-refractivity contribution in [2.24, 2.45) is 0 Å². The monoisotopic (exact) mass is 269 g/mol. The van der Waals surface area contributed by atoms with Gasteiger partial charge in [-0.2, -0.15) is 0 Å². The van der Waals surface area contributed by atoms with Gasteiger partial charge in [-0.3, -0.25) is 4.79 Å². The summed E-state index contributed by atoms with van der Waals surface area (Å²) in [4.78, 5) is 24.1. The van der Waals surface area contributed by atoms with Gasteiger partial charge >= 0.3 is 5.97 Å². The molecule has 0 aliphatic rings. The molecule has 1 rings (SSSR count). The van der Waals surface area contributed by atoms with Crippen LogP contribution in [0.15, 0.2) is 18.2 Å². The summed E-state index contributed by atoms with van der Waals surface area (Å²) in [6.45, 7) is 5.27. The maximum atomic E-state index is 11.5. The third-order valence-corrected chi connectivity index (χ3v) is 3.21. The predicted octanol–water partition coefficient (Wildman–Crippen LogP) is 2.64. The molecule has 0 heterocycles. The lowest BCUT2D eigenvalue weighted by molar-refractivity contribution is -0.149. The van der Waals surface area contributed by atoms with E-state index in [4.69, 9.17) is 11.6 Å². The lowest BCUT2D eigenvalue weighted by Crippen LogP contribution is -2.37. The fourth-order valence-electron chi connectivity index (χ4n) is 1.82. The lowest BCUT2D eigenvalue weighted by atomic mass is 10.0. The molecule has 0 aliphatic heterocycles. The number of carbonyl (C=O) groups excluding carboxylic acids is 1. The second kappa shape index (κ2) is 5.87. The van der Waals surface area contributed by atoms with Gasteiger partial charge in [-0.05, 0) is 31.0 Å². The minimum atomic E-state index is -1.06. The van der Waals surface area contributed by atoms with Gasteiger partial charge in [-0.15, -0.1) is 0 Å². The fraction of sp³-hybridized carbons (Fsp3) is 0.385. The molecule has 0 spiro atoms. The quantitative estimate of drug-likeness (QED) is 0.914. The number of nitrogens with zero attached hydrogens (tertiary/aromatic N) is 1. The molecule has 1 unspecified atom stereocenters. The molecule has 1 amide bonds. The molecule has 5 heteroatoms. The maximum Gasteiger partial charge on any atom is 0.331 e. The van der Waals surface area contributed by atoms with Crippen LogP contribution in [0.3, 0.4) is 0 Å². The van der Waals surface area contributed by atoms with Crippen LogP contribution in [0.1, 0.15) is 31.0 Å². The van der Waals surface area contributed by atoms with E-state index in [9.17, 15) is 14.7 Å². The first-order valence-corrected chi connectivity index (χ1v) is 6.02. The summed E-state index contributed by atoms with van der Waals surface area (Å²) in [5.41, 5.74) is 1.38. The van der Waals surface area contributed by atoms with Crippen LogP contribution in [0.5, 0.6) is 0 Å². The van der Waals surface area contributed by atoms with Gasteiger partial charge in [0.05, 0.1) is 0 Å². The second-order valence-corrected chi connectivity index (χ2v) is 4.46. The molecule has 4 nitrogen and oxygen atoms in total. The van der Waals surface area contributed by atoms with E-state index in [2.05, 4.69) is 0 Å². The molecule has 0 aliphatic carbocycles. The van der Waals surface area contributed by atoms with E-state index in [0.29, 0.717) is 17.1 Å². The van der Waals surface area contributed by atoms with Gasteiger partial charge in [0, 0.05) is 18.5 Å². The zero-order valence-corrected chi connectivity index (χ0v) is 11.4. The number of rotatable bonds is 4. The van der Waals surface area contributed by atoms with Gasteiger partial charge in [0.2, 0.25) is 5.91 Å². The van der Waals surface area contributed by atoms with E-state index in [1.54, 1.807) is 25.1 Å². The zero-order chi connectivity index (χ0) is 13.9. The van der Waals surface area contributed by atoms with Gasteiger partial charge in [0.1, 0.15) is 0 Å². The Labute approximate surface area is 111 Å². The molecule has 98 valence electrons. The molecular formula is C13H16ClNO3. The van der Waals surface area contributed by atoms with Gasteiger partial charge in [0.25, 0.3) is 0 Å². The Morgan fingerprint density at radius 1 is 1.44 bits per heavy atom. The fourth-order valence-corrected chi connectivity index (χ4v) is 2.01. The number of likely N-dealkylation sites (N-methyl/N-ethyl adjacent to an activating group) is 1. The van der Waals surface area contributed by atoms with E-state index in [1.807, 2.05) is 6.92 Å². The van der Waals surface area contributed by atoms with Crippen molar-refractivity contribution in [2.45, 2.75) is 26.8 Å². The molecular weight excluding hydrogens is 254 g/mol. The third kappa shape index (κ3) is 3.01. The number of amides is 1. The van der Waals surface area contributed by atoms with E-state index >= 15 is 0 Å². The molecule has 0 radical (unpaired) electrons. The summed E-state index contributed by atoms with van der Waals surface area (Å²) in [5.74, 6) is -1.34. The average Bonchev–Trinajstić information content (AvgIpc) is 2.28. The van der Waals surface area contributed by atoms with Crippen molar-refractivity contribution in [1.82, 2.24) is 4.90 Å². The lowest BCUT2D eigenvalue weighted by Gasteiger charge is -2.27. The molecule has 0 saturated heterocycles. The van der Waals surface area contributed by atoms with Crippen LogP contribution in [0.4, 0.5) is 0 Å².